The second-order valence-corrected chi connectivity index (χ2v) is 9.35. The third-order valence-electron chi connectivity index (χ3n) is 7.10. The molecule has 2 N–H and O–H groups in total. The van der Waals surface area contributed by atoms with E-state index in [9.17, 15) is 15.0 Å². The van der Waals surface area contributed by atoms with Crippen LogP contribution in [0.25, 0.3) is 0 Å². The number of nitrogens with zero attached hydrogens (tertiary/aromatic N) is 1. The molecule has 3 aromatic carbocycles. The summed E-state index contributed by atoms with van der Waals surface area (Å²) in [7, 11) is 4.89. The van der Waals surface area contributed by atoms with Crippen molar-refractivity contribution < 1.29 is 34.0 Å². The Labute approximate surface area is 223 Å². The summed E-state index contributed by atoms with van der Waals surface area (Å²) in [5.74, 6) is 1.32. The molecule has 1 fully saturated rings. The maximum absolute atomic E-state index is 11.4. The highest BCUT2D eigenvalue weighted by molar-refractivity contribution is 5.67. The van der Waals surface area contributed by atoms with Crippen LogP contribution in [0.3, 0.4) is 0 Å². The highest BCUT2D eigenvalue weighted by Gasteiger charge is 2.39. The molecule has 1 aliphatic rings. The second kappa shape index (κ2) is 12.3. The maximum atomic E-state index is 11.4. The van der Waals surface area contributed by atoms with Crippen molar-refractivity contribution in [2.75, 3.05) is 41.0 Å². The first-order chi connectivity index (χ1) is 18.4. The molecule has 0 radical (unpaired) electrons. The standard InChI is InChI=1S/C30H35NO7/c1-35-26-10-4-21(5-11-26)30(22-6-12-27(36-2)13-7-22,23-8-14-28(37-3)15-9-23)38-17-16-31-20-25(32)18-24(31)19-29(33)34/h4-15,24-25,32H,16-20H2,1-3H3,(H,33,34)/t24-,25-/m0/s1. The van der Waals surface area contributed by atoms with Crippen LogP contribution < -0.4 is 14.2 Å². The topological polar surface area (TPSA) is 97.7 Å². The number of hydrogen-bond acceptors (Lipinski definition) is 7. The number of methoxy groups -OCH3 is 3. The van der Waals surface area contributed by atoms with Crippen molar-refractivity contribution in [2.24, 2.45) is 0 Å². The van der Waals surface area contributed by atoms with Crippen LogP contribution in [0.5, 0.6) is 17.2 Å². The Morgan fingerprint density at radius 1 is 0.816 bits per heavy atom. The lowest BCUT2D eigenvalue weighted by Crippen LogP contribution is -2.39. The van der Waals surface area contributed by atoms with E-state index in [4.69, 9.17) is 18.9 Å². The number of rotatable bonds is 12. The van der Waals surface area contributed by atoms with Gasteiger partial charge in [0.25, 0.3) is 0 Å². The summed E-state index contributed by atoms with van der Waals surface area (Å²) < 4.78 is 23.1. The number of aliphatic carboxylic acids is 1. The molecule has 1 saturated heterocycles. The molecule has 202 valence electrons. The quantitative estimate of drug-likeness (QED) is 0.346. The zero-order chi connectivity index (χ0) is 27.1. The Balaban J connectivity index is 1.75. The van der Waals surface area contributed by atoms with Crippen LogP contribution in [0.15, 0.2) is 72.8 Å². The van der Waals surface area contributed by atoms with E-state index >= 15 is 0 Å². The van der Waals surface area contributed by atoms with Gasteiger partial charge in [0.1, 0.15) is 22.8 Å². The first-order valence-electron chi connectivity index (χ1n) is 12.6. The molecule has 2 atom stereocenters. The van der Waals surface area contributed by atoms with E-state index in [1.54, 1.807) is 21.3 Å². The number of aliphatic hydroxyl groups is 1. The number of likely N-dealkylation sites (tertiary alicyclic amines) is 1. The third kappa shape index (κ3) is 5.93. The van der Waals surface area contributed by atoms with Gasteiger partial charge in [0.15, 0.2) is 0 Å². The van der Waals surface area contributed by atoms with E-state index in [1.807, 2.05) is 77.7 Å². The Hall–Kier alpha value is -3.59. The molecule has 0 aromatic heterocycles. The molecule has 0 saturated carbocycles. The highest BCUT2D eigenvalue weighted by Crippen LogP contribution is 2.42. The minimum atomic E-state index is -0.995. The lowest BCUT2D eigenvalue weighted by molar-refractivity contribution is -0.138. The molecule has 4 rings (SSSR count). The van der Waals surface area contributed by atoms with Gasteiger partial charge in [-0.3, -0.25) is 9.69 Å². The van der Waals surface area contributed by atoms with E-state index in [1.165, 1.54) is 0 Å². The first-order valence-corrected chi connectivity index (χ1v) is 12.6. The van der Waals surface area contributed by atoms with Gasteiger partial charge in [-0.2, -0.15) is 0 Å². The molecule has 3 aromatic rings. The summed E-state index contributed by atoms with van der Waals surface area (Å²) in [5.41, 5.74) is 1.71. The van der Waals surface area contributed by atoms with Crippen molar-refractivity contribution in [3.63, 3.8) is 0 Å². The van der Waals surface area contributed by atoms with Crippen LogP contribution in [0.4, 0.5) is 0 Å². The van der Waals surface area contributed by atoms with Crippen LogP contribution in [-0.4, -0.2) is 74.3 Å². The Bertz CT molecular complexity index is 1060. The molecule has 1 heterocycles. The molecular weight excluding hydrogens is 486 g/mol. The summed E-state index contributed by atoms with van der Waals surface area (Å²) >= 11 is 0. The summed E-state index contributed by atoms with van der Waals surface area (Å²) in [6.07, 6.45) is -0.126. The Kier molecular flexibility index (Phi) is 8.89. The van der Waals surface area contributed by atoms with Crippen LogP contribution in [0, 0.1) is 0 Å². The number of carbonyl (C=O) groups is 1. The first kappa shape index (κ1) is 27.4. The average molecular weight is 522 g/mol. The number of hydrogen-bond donors (Lipinski definition) is 2. The summed E-state index contributed by atoms with van der Waals surface area (Å²) in [5, 5.41) is 19.5. The van der Waals surface area contributed by atoms with Crippen molar-refractivity contribution >= 4 is 5.97 Å². The van der Waals surface area contributed by atoms with Gasteiger partial charge in [0, 0.05) is 19.1 Å². The number of aliphatic hydroxyl groups excluding tert-OH is 1. The van der Waals surface area contributed by atoms with Crippen LogP contribution >= 0.6 is 0 Å². The summed E-state index contributed by atoms with van der Waals surface area (Å²) in [6.45, 7) is 1.19. The maximum Gasteiger partial charge on any atom is 0.304 e. The number of carboxylic acids is 1. The summed E-state index contributed by atoms with van der Waals surface area (Å²) in [6, 6.07) is 23.1. The molecule has 0 amide bonds. The van der Waals surface area contributed by atoms with Gasteiger partial charge in [-0.05, 0) is 59.5 Å². The Morgan fingerprint density at radius 2 is 1.24 bits per heavy atom. The SMILES string of the molecule is COc1ccc(C(OCCN2C[C@@H](O)C[C@H]2CC(=O)O)(c2ccc(OC)cc2)c2ccc(OC)cc2)cc1. The fourth-order valence-corrected chi connectivity index (χ4v) is 5.19. The lowest BCUT2D eigenvalue weighted by atomic mass is 9.80. The number of carboxylic acid groups (broad SMARTS) is 1. The molecule has 8 heteroatoms. The monoisotopic (exact) mass is 521 g/mol. The van der Waals surface area contributed by atoms with Crippen molar-refractivity contribution in [1.29, 1.82) is 0 Å². The van der Waals surface area contributed by atoms with Crippen LogP contribution in [0.1, 0.15) is 29.5 Å². The normalized spacial score (nSPS) is 17.8. The van der Waals surface area contributed by atoms with Crippen LogP contribution in [-0.2, 0) is 15.1 Å². The van der Waals surface area contributed by atoms with E-state index in [0.717, 1.165) is 33.9 Å². The van der Waals surface area contributed by atoms with Crippen molar-refractivity contribution in [2.45, 2.75) is 30.6 Å². The molecule has 0 spiro atoms. The van der Waals surface area contributed by atoms with E-state index in [2.05, 4.69) is 0 Å². The van der Waals surface area contributed by atoms with Crippen LogP contribution in [0.2, 0.25) is 0 Å². The predicted molar refractivity (Wildman–Crippen MR) is 143 cm³/mol. The highest BCUT2D eigenvalue weighted by atomic mass is 16.5. The van der Waals surface area contributed by atoms with Crippen molar-refractivity contribution in [3.05, 3.63) is 89.5 Å². The van der Waals surface area contributed by atoms with Gasteiger partial charge in [-0.1, -0.05) is 36.4 Å². The number of β-amino-alcohol motifs (C(OH)–C–C–N with tert-alkyl or cyclic N) is 1. The second-order valence-electron chi connectivity index (χ2n) is 9.35. The van der Waals surface area contributed by atoms with Crippen molar-refractivity contribution in [1.82, 2.24) is 4.90 Å². The molecule has 0 bridgehead atoms. The Morgan fingerprint density at radius 3 is 1.61 bits per heavy atom. The lowest BCUT2D eigenvalue weighted by Gasteiger charge is -2.37. The molecule has 38 heavy (non-hydrogen) atoms. The minimum absolute atomic E-state index is 0.0162. The largest absolute Gasteiger partial charge is 0.497 e. The predicted octanol–water partition coefficient (Wildman–Crippen LogP) is 3.93. The van der Waals surface area contributed by atoms with Crippen molar-refractivity contribution in [3.8, 4) is 17.2 Å². The number of ether oxygens (including phenoxy) is 4. The fraction of sp³-hybridized carbons (Fsp3) is 0.367. The third-order valence-corrected chi connectivity index (χ3v) is 7.10. The van der Waals surface area contributed by atoms with Gasteiger partial charge in [-0.25, -0.2) is 0 Å². The van der Waals surface area contributed by atoms with Gasteiger partial charge in [0.2, 0.25) is 0 Å². The van der Waals surface area contributed by atoms with E-state index in [-0.39, 0.29) is 12.5 Å². The molecule has 8 nitrogen and oxygen atoms in total. The molecule has 0 aliphatic carbocycles. The minimum Gasteiger partial charge on any atom is -0.497 e. The van der Waals surface area contributed by atoms with Gasteiger partial charge < -0.3 is 29.2 Å². The number of benzene rings is 3. The molecule has 1 aliphatic heterocycles. The van der Waals surface area contributed by atoms with Gasteiger partial charge >= 0.3 is 5.97 Å². The van der Waals surface area contributed by atoms with Gasteiger partial charge in [0.05, 0.1) is 40.5 Å². The zero-order valence-corrected chi connectivity index (χ0v) is 22.0. The molecular formula is C30H35NO7. The fourth-order valence-electron chi connectivity index (χ4n) is 5.19. The zero-order valence-electron chi connectivity index (χ0n) is 22.0. The van der Waals surface area contributed by atoms with Gasteiger partial charge in [-0.15, -0.1) is 0 Å². The van der Waals surface area contributed by atoms with E-state index in [0.29, 0.717) is 26.1 Å². The average Bonchev–Trinajstić information content (AvgIpc) is 3.29. The summed E-state index contributed by atoms with van der Waals surface area (Å²) in [4.78, 5) is 13.4. The van der Waals surface area contributed by atoms with E-state index < -0.39 is 17.7 Å². The smallest absolute Gasteiger partial charge is 0.304 e. The molecule has 0 unspecified atom stereocenters.